The number of hydrogen-bond donors (Lipinski definition) is 1. The maximum Gasteiger partial charge on any atom is 0.123 e. The first kappa shape index (κ1) is 15.1. The van der Waals surface area contributed by atoms with Crippen LogP contribution in [0.4, 0.5) is 0 Å². The zero-order chi connectivity index (χ0) is 14.7. The van der Waals surface area contributed by atoms with Gasteiger partial charge in [0.2, 0.25) is 0 Å². The van der Waals surface area contributed by atoms with Crippen molar-refractivity contribution in [2.45, 2.75) is 32.4 Å². The zero-order valence-electron chi connectivity index (χ0n) is 12.9. The van der Waals surface area contributed by atoms with Gasteiger partial charge in [-0.15, -0.1) is 0 Å². The normalized spacial score (nSPS) is 25.2. The van der Waals surface area contributed by atoms with E-state index in [0.717, 1.165) is 36.6 Å². The molecule has 20 heavy (non-hydrogen) atoms. The van der Waals surface area contributed by atoms with Crippen LogP contribution in [-0.2, 0) is 0 Å². The van der Waals surface area contributed by atoms with Crippen molar-refractivity contribution in [1.82, 2.24) is 4.90 Å². The van der Waals surface area contributed by atoms with Crippen molar-refractivity contribution in [1.29, 1.82) is 0 Å². The van der Waals surface area contributed by atoms with Crippen LogP contribution in [0.1, 0.15) is 31.9 Å². The van der Waals surface area contributed by atoms with Crippen molar-refractivity contribution >= 4 is 0 Å². The van der Waals surface area contributed by atoms with Crippen molar-refractivity contribution in [2.75, 3.05) is 27.3 Å². The van der Waals surface area contributed by atoms with Gasteiger partial charge in [0.15, 0.2) is 0 Å². The van der Waals surface area contributed by atoms with E-state index >= 15 is 0 Å². The second-order valence-corrected chi connectivity index (χ2v) is 5.84. The van der Waals surface area contributed by atoms with Crippen molar-refractivity contribution in [3.05, 3.63) is 23.8 Å². The van der Waals surface area contributed by atoms with Crippen molar-refractivity contribution in [3.63, 3.8) is 0 Å². The molecule has 3 unspecified atom stereocenters. The Bertz CT molecular complexity index is 440. The first-order valence-electron chi connectivity index (χ1n) is 7.26. The Morgan fingerprint density at radius 1 is 1.25 bits per heavy atom. The fourth-order valence-electron chi connectivity index (χ4n) is 3.12. The van der Waals surface area contributed by atoms with Gasteiger partial charge >= 0.3 is 0 Å². The van der Waals surface area contributed by atoms with Crippen molar-refractivity contribution < 1.29 is 9.47 Å². The second kappa shape index (κ2) is 6.46. The van der Waals surface area contributed by atoms with Gasteiger partial charge in [-0.2, -0.15) is 0 Å². The molecule has 4 heteroatoms. The topological polar surface area (TPSA) is 47.7 Å². The predicted octanol–water partition coefficient (Wildman–Crippen LogP) is 2.43. The highest BCUT2D eigenvalue weighted by Gasteiger charge is 2.27. The number of rotatable bonds is 4. The Labute approximate surface area is 121 Å². The molecular formula is C16H26N2O2. The van der Waals surface area contributed by atoms with E-state index in [2.05, 4.69) is 24.8 Å². The molecule has 1 aliphatic heterocycles. The van der Waals surface area contributed by atoms with Crippen LogP contribution in [0.25, 0.3) is 0 Å². The molecule has 0 spiro atoms. The Morgan fingerprint density at radius 3 is 2.60 bits per heavy atom. The number of ether oxygens (including phenoxy) is 2. The van der Waals surface area contributed by atoms with Gasteiger partial charge in [-0.1, -0.05) is 6.92 Å². The van der Waals surface area contributed by atoms with E-state index in [-0.39, 0.29) is 12.1 Å². The van der Waals surface area contributed by atoms with Crippen LogP contribution in [0.15, 0.2) is 18.2 Å². The van der Waals surface area contributed by atoms with E-state index in [1.165, 1.54) is 0 Å². The lowest BCUT2D eigenvalue weighted by atomic mass is 9.93. The van der Waals surface area contributed by atoms with Crippen molar-refractivity contribution in [2.24, 2.45) is 11.7 Å². The summed E-state index contributed by atoms with van der Waals surface area (Å²) < 4.78 is 10.8. The molecule has 0 aromatic heterocycles. The molecular weight excluding hydrogens is 252 g/mol. The molecule has 4 nitrogen and oxygen atoms in total. The fourth-order valence-corrected chi connectivity index (χ4v) is 3.12. The van der Waals surface area contributed by atoms with Crippen LogP contribution in [0.3, 0.4) is 0 Å². The minimum atomic E-state index is 0.262. The smallest absolute Gasteiger partial charge is 0.123 e. The summed E-state index contributed by atoms with van der Waals surface area (Å²) in [5.41, 5.74) is 7.32. The van der Waals surface area contributed by atoms with E-state index in [1.807, 2.05) is 12.1 Å². The van der Waals surface area contributed by atoms with E-state index in [4.69, 9.17) is 15.2 Å². The third-order valence-corrected chi connectivity index (χ3v) is 4.15. The largest absolute Gasteiger partial charge is 0.497 e. The molecule has 1 saturated heterocycles. The van der Waals surface area contributed by atoms with Gasteiger partial charge in [0, 0.05) is 30.7 Å². The average molecular weight is 278 g/mol. The molecule has 1 aromatic carbocycles. The fraction of sp³-hybridized carbons (Fsp3) is 0.625. The van der Waals surface area contributed by atoms with Gasteiger partial charge in [0.05, 0.1) is 14.2 Å². The lowest BCUT2D eigenvalue weighted by molar-refractivity contribution is 0.122. The summed E-state index contributed by atoms with van der Waals surface area (Å²) in [6.07, 6.45) is 1.11. The maximum absolute atomic E-state index is 6.16. The second-order valence-electron chi connectivity index (χ2n) is 5.84. The molecule has 0 saturated carbocycles. The Morgan fingerprint density at radius 2 is 2.00 bits per heavy atom. The van der Waals surface area contributed by atoms with Gasteiger partial charge in [-0.25, -0.2) is 0 Å². The molecule has 2 N–H and O–H groups in total. The number of methoxy groups -OCH3 is 2. The highest BCUT2D eigenvalue weighted by atomic mass is 16.5. The maximum atomic E-state index is 6.16. The molecule has 1 fully saturated rings. The van der Waals surface area contributed by atoms with E-state index < -0.39 is 0 Å². The number of nitrogens with zero attached hydrogens (tertiary/aromatic N) is 1. The Balaban J connectivity index is 2.24. The molecule has 0 aliphatic carbocycles. The molecule has 3 atom stereocenters. The van der Waals surface area contributed by atoms with Crippen molar-refractivity contribution in [3.8, 4) is 11.5 Å². The summed E-state index contributed by atoms with van der Waals surface area (Å²) in [5.74, 6) is 2.41. The lowest BCUT2D eigenvalue weighted by Crippen LogP contribution is -2.47. The van der Waals surface area contributed by atoms with E-state index in [0.29, 0.717) is 5.92 Å². The molecule has 2 rings (SSSR count). The van der Waals surface area contributed by atoms with Gasteiger partial charge in [0.25, 0.3) is 0 Å². The van der Waals surface area contributed by atoms with E-state index in [9.17, 15) is 0 Å². The van der Waals surface area contributed by atoms with Crippen LogP contribution in [0.2, 0.25) is 0 Å². The summed E-state index contributed by atoms with van der Waals surface area (Å²) in [6.45, 7) is 6.49. The quantitative estimate of drug-likeness (QED) is 0.919. The first-order valence-corrected chi connectivity index (χ1v) is 7.26. The van der Waals surface area contributed by atoms with Crippen LogP contribution >= 0.6 is 0 Å². The predicted molar refractivity (Wildman–Crippen MR) is 81.3 cm³/mol. The summed E-state index contributed by atoms with van der Waals surface area (Å²) in [6, 6.07) is 6.50. The standard InChI is InChI=1S/C16H26N2O2/c1-11-7-13(17)10-18(9-11)12(2)15-8-14(19-3)5-6-16(15)20-4/h5-6,8,11-13H,7,9-10,17H2,1-4H3. The molecule has 0 radical (unpaired) electrons. The number of benzene rings is 1. The molecule has 0 bridgehead atoms. The molecule has 0 amide bonds. The molecule has 1 heterocycles. The molecule has 112 valence electrons. The highest BCUT2D eigenvalue weighted by molar-refractivity contribution is 5.42. The minimum absolute atomic E-state index is 0.262. The molecule has 1 aliphatic rings. The van der Waals surface area contributed by atoms with Gasteiger partial charge in [-0.05, 0) is 37.5 Å². The summed E-state index contributed by atoms with van der Waals surface area (Å²) in [4.78, 5) is 2.44. The molecule has 1 aromatic rings. The number of hydrogen-bond acceptors (Lipinski definition) is 4. The SMILES string of the molecule is COc1ccc(OC)c(C(C)N2CC(C)CC(N)C2)c1. The first-order chi connectivity index (χ1) is 9.55. The number of piperidine rings is 1. The lowest BCUT2D eigenvalue weighted by Gasteiger charge is -2.39. The van der Waals surface area contributed by atoms with Crippen LogP contribution in [-0.4, -0.2) is 38.3 Å². The third-order valence-electron chi connectivity index (χ3n) is 4.15. The third kappa shape index (κ3) is 3.25. The van der Waals surface area contributed by atoms with Gasteiger partial charge in [0.1, 0.15) is 11.5 Å². The average Bonchev–Trinajstić information content (AvgIpc) is 2.44. The Kier molecular flexibility index (Phi) is 4.89. The minimum Gasteiger partial charge on any atom is -0.497 e. The van der Waals surface area contributed by atoms with Crippen LogP contribution in [0, 0.1) is 5.92 Å². The summed E-state index contributed by atoms with van der Waals surface area (Å²) >= 11 is 0. The highest BCUT2D eigenvalue weighted by Crippen LogP contribution is 2.34. The van der Waals surface area contributed by atoms with Gasteiger partial charge < -0.3 is 15.2 Å². The van der Waals surface area contributed by atoms with E-state index in [1.54, 1.807) is 14.2 Å². The Hall–Kier alpha value is -1.26. The van der Waals surface area contributed by atoms with Gasteiger partial charge in [-0.3, -0.25) is 4.90 Å². The zero-order valence-corrected chi connectivity index (χ0v) is 12.9. The summed E-state index contributed by atoms with van der Waals surface area (Å²) in [5, 5.41) is 0. The van der Waals surface area contributed by atoms with Crippen LogP contribution < -0.4 is 15.2 Å². The number of nitrogens with two attached hydrogens (primary N) is 1. The van der Waals surface area contributed by atoms with Crippen LogP contribution in [0.5, 0.6) is 11.5 Å². The monoisotopic (exact) mass is 278 g/mol. The summed E-state index contributed by atoms with van der Waals surface area (Å²) in [7, 11) is 3.40. The number of likely N-dealkylation sites (tertiary alicyclic amines) is 1.